The lowest BCUT2D eigenvalue weighted by Crippen LogP contribution is -2.19. The van der Waals surface area contributed by atoms with E-state index in [9.17, 15) is 0 Å². The van der Waals surface area contributed by atoms with Crippen LogP contribution in [0.3, 0.4) is 0 Å². The Morgan fingerprint density at radius 2 is 1.54 bits per heavy atom. The highest BCUT2D eigenvalue weighted by Crippen LogP contribution is 2.15. The molecule has 0 aliphatic heterocycles. The molecule has 1 heteroatoms. The van der Waals surface area contributed by atoms with Crippen LogP contribution < -0.4 is 0 Å². The Morgan fingerprint density at radius 1 is 1.00 bits per heavy atom. The van der Waals surface area contributed by atoms with E-state index in [0.717, 1.165) is 13.0 Å². The molecule has 0 saturated heterocycles. The molecule has 78 valence electrons. The minimum Gasteiger partial charge on any atom is -0.376 e. The Kier molecular flexibility index (Phi) is 4.69. The normalized spacial score (nSPS) is 14.0. The van der Waals surface area contributed by atoms with Crippen LogP contribution in [0.25, 0.3) is 0 Å². The first-order chi connectivity index (χ1) is 5.71. The van der Waals surface area contributed by atoms with Crippen molar-refractivity contribution in [2.24, 2.45) is 5.41 Å². The van der Waals surface area contributed by atoms with Crippen LogP contribution in [0, 0.1) is 5.41 Å². The molecule has 0 heterocycles. The zero-order valence-electron chi connectivity index (χ0n) is 9.98. The van der Waals surface area contributed by atoms with E-state index < -0.39 is 0 Å². The highest BCUT2D eigenvalue weighted by atomic mass is 16.5. The van der Waals surface area contributed by atoms with Crippen molar-refractivity contribution in [1.29, 1.82) is 0 Å². The molecule has 0 radical (unpaired) electrons. The van der Waals surface area contributed by atoms with E-state index in [-0.39, 0.29) is 5.60 Å². The van der Waals surface area contributed by atoms with Crippen LogP contribution in [0.2, 0.25) is 0 Å². The smallest absolute Gasteiger partial charge is 0.0598 e. The summed E-state index contributed by atoms with van der Waals surface area (Å²) in [6, 6.07) is 0. The molecule has 0 rings (SSSR count). The average molecular weight is 184 g/mol. The summed E-state index contributed by atoms with van der Waals surface area (Å²) in [4.78, 5) is 0. The molecule has 0 aromatic rings. The fraction of sp³-hybridized carbons (Fsp3) is 0.833. The third kappa shape index (κ3) is 11.7. The van der Waals surface area contributed by atoms with Gasteiger partial charge in [-0.25, -0.2) is 0 Å². The monoisotopic (exact) mass is 184 g/mol. The van der Waals surface area contributed by atoms with Gasteiger partial charge in [0, 0.05) is 0 Å². The molecule has 0 amide bonds. The molecule has 0 aromatic carbocycles. The van der Waals surface area contributed by atoms with Gasteiger partial charge >= 0.3 is 0 Å². The van der Waals surface area contributed by atoms with Gasteiger partial charge in [-0.1, -0.05) is 32.9 Å². The molecule has 0 atom stereocenters. The van der Waals surface area contributed by atoms with Crippen molar-refractivity contribution in [3.63, 3.8) is 0 Å². The number of allylic oxidation sites excluding steroid dienone is 1. The van der Waals surface area contributed by atoms with Crippen molar-refractivity contribution < 1.29 is 4.74 Å². The van der Waals surface area contributed by atoms with Gasteiger partial charge in [0.15, 0.2) is 0 Å². The second-order valence-electron chi connectivity index (χ2n) is 5.52. The quantitative estimate of drug-likeness (QED) is 0.479. The molecule has 0 aliphatic carbocycles. The summed E-state index contributed by atoms with van der Waals surface area (Å²) in [7, 11) is 0. The summed E-state index contributed by atoms with van der Waals surface area (Å²) in [6.45, 7) is 13.7. The van der Waals surface area contributed by atoms with Crippen LogP contribution >= 0.6 is 0 Å². The van der Waals surface area contributed by atoms with Crippen molar-refractivity contribution >= 4 is 0 Å². The molecule has 0 aromatic heterocycles. The van der Waals surface area contributed by atoms with Crippen molar-refractivity contribution in [2.45, 2.75) is 53.6 Å². The van der Waals surface area contributed by atoms with Gasteiger partial charge < -0.3 is 4.74 Å². The molecular formula is C12H24O. The number of hydrogen-bond acceptors (Lipinski definition) is 1. The van der Waals surface area contributed by atoms with Gasteiger partial charge in [-0.2, -0.15) is 0 Å². The molecule has 0 unspecified atom stereocenters. The van der Waals surface area contributed by atoms with E-state index in [1.54, 1.807) is 0 Å². The lowest BCUT2D eigenvalue weighted by molar-refractivity contribution is -0.000152. The van der Waals surface area contributed by atoms with E-state index in [2.05, 4.69) is 53.7 Å². The van der Waals surface area contributed by atoms with Crippen molar-refractivity contribution in [2.75, 3.05) is 6.61 Å². The van der Waals surface area contributed by atoms with Crippen LogP contribution in [0.5, 0.6) is 0 Å². The zero-order valence-corrected chi connectivity index (χ0v) is 9.98. The van der Waals surface area contributed by atoms with Gasteiger partial charge in [0.25, 0.3) is 0 Å². The molecule has 0 saturated carbocycles. The standard InChI is InChI=1S/C12H24O/c1-11(2,3)9-7-8-10-13-12(4,5)6/h7,9H,8,10H2,1-6H3. The van der Waals surface area contributed by atoms with E-state index >= 15 is 0 Å². The predicted molar refractivity (Wildman–Crippen MR) is 58.9 cm³/mol. The van der Waals surface area contributed by atoms with E-state index in [4.69, 9.17) is 4.74 Å². The lowest BCUT2D eigenvalue weighted by atomic mass is 9.96. The van der Waals surface area contributed by atoms with Gasteiger partial charge in [0.1, 0.15) is 0 Å². The molecule has 0 spiro atoms. The Morgan fingerprint density at radius 3 is 1.92 bits per heavy atom. The molecule has 0 bridgehead atoms. The highest BCUT2D eigenvalue weighted by Gasteiger charge is 2.08. The van der Waals surface area contributed by atoms with Gasteiger partial charge in [-0.05, 0) is 32.6 Å². The Bertz CT molecular complexity index is 155. The summed E-state index contributed by atoms with van der Waals surface area (Å²) in [5, 5.41) is 0. The second-order valence-corrected chi connectivity index (χ2v) is 5.52. The molecule has 0 N–H and O–H groups in total. The predicted octanol–water partition coefficient (Wildman–Crippen LogP) is 3.79. The number of hydrogen-bond donors (Lipinski definition) is 0. The fourth-order valence-corrected chi connectivity index (χ4v) is 0.870. The molecule has 0 fully saturated rings. The molecule has 13 heavy (non-hydrogen) atoms. The van der Waals surface area contributed by atoms with Crippen LogP contribution in [0.15, 0.2) is 12.2 Å². The Labute approximate surface area is 83.2 Å². The summed E-state index contributed by atoms with van der Waals surface area (Å²) in [6.07, 6.45) is 5.44. The van der Waals surface area contributed by atoms with Gasteiger partial charge in [-0.15, -0.1) is 0 Å². The Hall–Kier alpha value is -0.300. The summed E-state index contributed by atoms with van der Waals surface area (Å²) >= 11 is 0. The van der Waals surface area contributed by atoms with Crippen molar-refractivity contribution in [3.8, 4) is 0 Å². The largest absolute Gasteiger partial charge is 0.376 e. The molecule has 1 nitrogen and oxygen atoms in total. The SMILES string of the molecule is CC(C)(C)C=CCCOC(C)(C)C. The first kappa shape index (κ1) is 12.7. The zero-order chi connectivity index (χ0) is 10.5. The molecular weight excluding hydrogens is 160 g/mol. The van der Waals surface area contributed by atoms with Crippen molar-refractivity contribution in [3.05, 3.63) is 12.2 Å². The van der Waals surface area contributed by atoms with Gasteiger partial charge in [0.05, 0.1) is 12.2 Å². The van der Waals surface area contributed by atoms with E-state index in [0.29, 0.717) is 5.41 Å². The number of rotatable bonds is 3. The van der Waals surface area contributed by atoms with E-state index in [1.165, 1.54) is 0 Å². The minimum absolute atomic E-state index is 0.00439. The van der Waals surface area contributed by atoms with Crippen LogP contribution in [0.4, 0.5) is 0 Å². The van der Waals surface area contributed by atoms with Crippen LogP contribution in [0.1, 0.15) is 48.0 Å². The average Bonchev–Trinajstić information content (AvgIpc) is 1.81. The van der Waals surface area contributed by atoms with Crippen molar-refractivity contribution in [1.82, 2.24) is 0 Å². The summed E-state index contributed by atoms with van der Waals surface area (Å²) < 4.78 is 5.59. The third-order valence-corrected chi connectivity index (χ3v) is 1.44. The topological polar surface area (TPSA) is 9.23 Å². The highest BCUT2D eigenvalue weighted by molar-refractivity contribution is 4.91. The Balaban J connectivity index is 3.53. The maximum absolute atomic E-state index is 5.59. The first-order valence-electron chi connectivity index (χ1n) is 5.02. The van der Waals surface area contributed by atoms with Gasteiger partial charge in [0.2, 0.25) is 0 Å². The van der Waals surface area contributed by atoms with Gasteiger partial charge in [-0.3, -0.25) is 0 Å². The molecule has 0 aliphatic rings. The number of ether oxygens (including phenoxy) is 1. The third-order valence-electron chi connectivity index (χ3n) is 1.44. The fourth-order valence-electron chi connectivity index (χ4n) is 0.870. The first-order valence-corrected chi connectivity index (χ1v) is 5.02. The van der Waals surface area contributed by atoms with Crippen LogP contribution in [-0.4, -0.2) is 12.2 Å². The second kappa shape index (κ2) is 4.80. The summed E-state index contributed by atoms with van der Waals surface area (Å²) in [5.41, 5.74) is 0.289. The minimum atomic E-state index is -0.00439. The van der Waals surface area contributed by atoms with E-state index in [1.807, 2.05) is 0 Å². The lowest BCUT2D eigenvalue weighted by Gasteiger charge is -2.19. The maximum Gasteiger partial charge on any atom is 0.0598 e. The van der Waals surface area contributed by atoms with Crippen LogP contribution in [-0.2, 0) is 4.74 Å². The maximum atomic E-state index is 5.59. The summed E-state index contributed by atoms with van der Waals surface area (Å²) in [5.74, 6) is 0.